The molecular formula is C20H22ClN3OS. The first kappa shape index (κ1) is 18.7. The van der Waals surface area contributed by atoms with E-state index in [4.69, 9.17) is 17.3 Å². The van der Waals surface area contributed by atoms with Gasteiger partial charge in [0, 0.05) is 22.6 Å². The number of aromatic nitrogens is 1. The Hall–Kier alpha value is -2.11. The van der Waals surface area contributed by atoms with Gasteiger partial charge < -0.3 is 11.1 Å². The van der Waals surface area contributed by atoms with Crippen LogP contribution in [0.3, 0.4) is 0 Å². The highest BCUT2D eigenvalue weighted by Crippen LogP contribution is 2.32. The molecule has 0 fully saturated rings. The molecule has 4 nitrogen and oxygen atoms in total. The minimum Gasteiger partial charge on any atom is -0.397 e. The van der Waals surface area contributed by atoms with Gasteiger partial charge in [0.25, 0.3) is 5.91 Å². The van der Waals surface area contributed by atoms with E-state index in [1.165, 1.54) is 11.3 Å². The number of nitrogen functional groups attached to an aromatic ring is 1. The summed E-state index contributed by atoms with van der Waals surface area (Å²) in [5, 5.41) is 4.49. The summed E-state index contributed by atoms with van der Waals surface area (Å²) in [6, 6.07) is 11.6. The molecule has 1 amide bonds. The second-order valence-corrected chi connectivity index (χ2v) is 8.17. The first-order valence-electron chi connectivity index (χ1n) is 8.64. The van der Waals surface area contributed by atoms with E-state index in [-0.39, 0.29) is 5.91 Å². The van der Waals surface area contributed by atoms with Crippen LogP contribution in [0, 0.1) is 5.92 Å². The molecule has 0 aliphatic carbocycles. The molecule has 136 valence electrons. The molecule has 0 aliphatic heterocycles. The fraction of sp³-hybridized carbons (Fsp3) is 0.300. The zero-order chi connectivity index (χ0) is 18.7. The van der Waals surface area contributed by atoms with Crippen molar-refractivity contribution >= 4 is 44.7 Å². The maximum Gasteiger partial charge on any atom is 0.263 e. The van der Waals surface area contributed by atoms with Crippen LogP contribution in [0.2, 0.25) is 5.02 Å². The van der Waals surface area contributed by atoms with Crippen LogP contribution >= 0.6 is 22.9 Å². The monoisotopic (exact) mass is 387 g/mol. The van der Waals surface area contributed by atoms with E-state index in [1.54, 1.807) is 0 Å². The van der Waals surface area contributed by atoms with Gasteiger partial charge in [-0.1, -0.05) is 37.6 Å². The SMILES string of the molecule is CC(C)Cc1ccc2c(N)c(C(=O)NCCc3cccc(Cl)c3)sc2n1. The van der Waals surface area contributed by atoms with Gasteiger partial charge in [-0.15, -0.1) is 11.3 Å². The molecule has 2 heterocycles. The number of pyridine rings is 1. The Kier molecular flexibility index (Phi) is 5.79. The average molecular weight is 388 g/mol. The molecule has 0 unspecified atom stereocenters. The van der Waals surface area contributed by atoms with Gasteiger partial charge in [0.1, 0.15) is 9.71 Å². The normalized spacial score (nSPS) is 11.2. The Bertz CT molecular complexity index is 936. The summed E-state index contributed by atoms with van der Waals surface area (Å²) in [6.07, 6.45) is 1.63. The van der Waals surface area contributed by atoms with E-state index < -0.39 is 0 Å². The first-order valence-corrected chi connectivity index (χ1v) is 9.84. The van der Waals surface area contributed by atoms with Crippen LogP contribution in [0.25, 0.3) is 10.2 Å². The predicted molar refractivity (Wildman–Crippen MR) is 110 cm³/mol. The van der Waals surface area contributed by atoms with E-state index in [0.717, 1.165) is 27.9 Å². The Balaban J connectivity index is 1.70. The Morgan fingerprint density at radius 2 is 2.12 bits per heavy atom. The van der Waals surface area contributed by atoms with Crippen molar-refractivity contribution in [3.8, 4) is 0 Å². The second-order valence-electron chi connectivity index (χ2n) is 6.73. The summed E-state index contributed by atoms with van der Waals surface area (Å²) in [5.41, 5.74) is 8.81. The number of hydrogen-bond acceptors (Lipinski definition) is 4. The summed E-state index contributed by atoms with van der Waals surface area (Å²) in [7, 11) is 0. The Labute approximate surface area is 162 Å². The first-order chi connectivity index (χ1) is 12.4. The number of carbonyl (C=O) groups excluding carboxylic acids is 1. The van der Waals surface area contributed by atoms with Crippen LogP contribution in [0.5, 0.6) is 0 Å². The highest BCUT2D eigenvalue weighted by Gasteiger charge is 2.17. The molecule has 26 heavy (non-hydrogen) atoms. The third-order valence-electron chi connectivity index (χ3n) is 4.06. The number of benzene rings is 1. The average Bonchev–Trinajstić information content (AvgIpc) is 2.91. The molecule has 0 aliphatic rings. The lowest BCUT2D eigenvalue weighted by atomic mass is 10.1. The molecule has 0 bridgehead atoms. The number of nitrogens with zero attached hydrogens (tertiary/aromatic N) is 1. The quantitative estimate of drug-likeness (QED) is 0.644. The maximum absolute atomic E-state index is 12.5. The largest absolute Gasteiger partial charge is 0.397 e. The zero-order valence-corrected chi connectivity index (χ0v) is 16.5. The van der Waals surface area contributed by atoms with Gasteiger partial charge >= 0.3 is 0 Å². The maximum atomic E-state index is 12.5. The van der Waals surface area contributed by atoms with Crippen molar-refractivity contribution in [2.75, 3.05) is 12.3 Å². The lowest BCUT2D eigenvalue weighted by molar-refractivity contribution is 0.0959. The van der Waals surface area contributed by atoms with Gasteiger partial charge in [-0.3, -0.25) is 4.79 Å². The number of rotatable bonds is 6. The molecule has 3 rings (SSSR count). The van der Waals surface area contributed by atoms with E-state index in [0.29, 0.717) is 34.5 Å². The summed E-state index contributed by atoms with van der Waals surface area (Å²) in [4.78, 5) is 18.5. The number of anilines is 1. The van der Waals surface area contributed by atoms with Gasteiger partial charge in [0.05, 0.1) is 5.69 Å². The van der Waals surface area contributed by atoms with Gasteiger partial charge in [-0.2, -0.15) is 0 Å². The third-order valence-corrected chi connectivity index (χ3v) is 5.41. The van der Waals surface area contributed by atoms with Crippen LogP contribution in [0.15, 0.2) is 36.4 Å². The van der Waals surface area contributed by atoms with Crippen molar-refractivity contribution in [3.63, 3.8) is 0 Å². The molecule has 2 aromatic heterocycles. The lowest BCUT2D eigenvalue weighted by Gasteiger charge is -2.05. The number of carbonyl (C=O) groups is 1. The number of hydrogen-bond donors (Lipinski definition) is 2. The lowest BCUT2D eigenvalue weighted by Crippen LogP contribution is -2.25. The fourth-order valence-electron chi connectivity index (χ4n) is 2.83. The standard InChI is InChI=1S/C20H22ClN3OS/c1-12(2)10-15-6-7-16-17(22)18(26-20(16)24-15)19(25)23-9-8-13-4-3-5-14(21)11-13/h3-7,11-12H,8-10,22H2,1-2H3,(H,23,25). The molecule has 3 N–H and O–H groups in total. The molecule has 0 saturated heterocycles. The number of amides is 1. The van der Waals surface area contributed by atoms with E-state index in [9.17, 15) is 4.79 Å². The molecule has 0 saturated carbocycles. The zero-order valence-electron chi connectivity index (χ0n) is 14.9. The second kappa shape index (κ2) is 8.06. The van der Waals surface area contributed by atoms with Crippen LogP contribution in [-0.2, 0) is 12.8 Å². The van der Waals surface area contributed by atoms with Crippen LogP contribution in [0.4, 0.5) is 5.69 Å². The molecular weight excluding hydrogens is 366 g/mol. The van der Waals surface area contributed by atoms with E-state index >= 15 is 0 Å². The number of nitrogens with two attached hydrogens (primary N) is 1. The highest BCUT2D eigenvalue weighted by atomic mass is 35.5. The molecule has 3 aromatic rings. The minimum absolute atomic E-state index is 0.155. The van der Waals surface area contributed by atoms with E-state index in [1.807, 2.05) is 36.4 Å². The van der Waals surface area contributed by atoms with Gasteiger partial charge in [-0.25, -0.2) is 4.98 Å². The number of nitrogens with one attached hydrogen (secondary N) is 1. The molecule has 0 radical (unpaired) electrons. The molecule has 6 heteroatoms. The number of halogens is 1. The number of fused-ring (bicyclic) bond motifs is 1. The van der Waals surface area contributed by atoms with Gasteiger partial charge in [0.15, 0.2) is 0 Å². The topological polar surface area (TPSA) is 68.0 Å². The smallest absolute Gasteiger partial charge is 0.263 e. The summed E-state index contributed by atoms with van der Waals surface area (Å²) >= 11 is 7.34. The van der Waals surface area contributed by atoms with Crippen molar-refractivity contribution < 1.29 is 4.79 Å². The van der Waals surface area contributed by atoms with Crippen LogP contribution in [-0.4, -0.2) is 17.4 Å². The van der Waals surface area contributed by atoms with Gasteiger partial charge in [-0.05, 0) is 48.6 Å². The summed E-state index contributed by atoms with van der Waals surface area (Å²) < 4.78 is 0. The van der Waals surface area contributed by atoms with Gasteiger partial charge in [0.2, 0.25) is 0 Å². The van der Waals surface area contributed by atoms with Crippen LogP contribution in [0.1, 0.15) is 34.8 Å². The highest BCUT2D eigenvalue weighted by molar-refractivity contribution is 7.21. The Morgan fingerprint density at radius 3 is 2.85 bits per heavy atom. The molecule has 1 aromatic carbocycles. The van der Waals surface area contributed by atoms with Crippen molar-refractivity contribution in [2.24, 2.45) is 5.92 Å². The van der Waals surface area contributed by atoms with Crippen molar-refractivity contribution in [3.05, 3.63) is 57.6 Å². The Morgan fingerprint density at radius 1 is 1.31 bits per heavy atom. The van der Waals surface area contributed by atoms with Crippen LogP contribution < -0.4 is 11.1 Å². The number of thiophene rings is 1. The molecule has 0 spiro atoms. The van der Waals surface area contributed by atoms with Crippen molar-refractivity contribution in [2.45, 2.75) is 26.7 Å². The fourth-order valence-corrected chi connectivity index (χ4v) is 4.07. The predicted octanol–water partition coefficient (Wildman–Crippen LogP) is 4.70. The third kappa shape index (κ3) is 4.34. The van der Waals surface area contributed by atoms with Crippen molar-refractivity contribution in [1.82, 2.24) is 10.3 Å². The summed E-state index contributed by atoms with van der Waals surface area (Å²) in [5.74, 6) is 0.379. The molecule has 0 atom stereocenters. The summed E-state index contributed by atoms with van der Waals surface area (Å²) in [6.45, 7) is 4.85. The minimum atomic E-state index is -0.155. The van der Waals surface area contributed by atoms with Crippen molar-refractivity contribution in [1.29, 1.82) is 0 Å². The van der Waals surface area contributed by atoms with E-state index in [2.05, 4.69) is 24.1 Å².